The molecule has 0 aliphatic carbocycles. The number of rotatable bonds is 0. The van der Waals surface area contributed by atoms with Gasteiger partial charge >= 0.3 is 0 Å². The van der Waals surface area contributed by atoms with E-state index in [1.54, 1.807) is 0 Å². The Hall–Kier alpha value is -0.570. The highest BCUT2D eigenvalue weighted by Gasteiger charge is 2.22. The zero-order chi connectivity index (χ0) is 6.85. The Morgan fingerprint density at radius 1 is 1.78 bits per heavy atom. The number of hydrogen-bond donors (Lipinski definition) is 2. The maximum Gasteiger partial charge on any atom is 0.223 e. The van der Waals surface area contributed by atoms with E-state index in [-0.39, 0.29) is 17.9 Å². The van der Waals surface area contributed by atoms with Crippen molar-refractivity contribution in [3.8, 4) is 0 Å². The van der Waals surface area contributed by atoms with Gasteiger partial charge in [-0.2, -0.15) is 0 Å². The van der Waals surface area contributed by atoms with E-state index in [9.17, 15) is 4.79 Å². The molecule has 2 unspecified atom stereocenters. The van der Waals surface area contributed by atoms with Gasteiger partial charge in [0.05, 0.1) is 6.10 Å². The minimum absolute atomic E-state index is 0.0197. The first-order chi connectivity index (χ1) is 4.20. The zero-order valence-electron chi connectivity index (χ0n) is 5.42. The van der Waals surface area contributed by atoms with Crippen LogP contribution in [0.25, 0.3) is 0 Å². The maximum atomic E-state index is 10.7. The molecule has 3 nitrogen and oxygen atoms in total. The van der Waals surface area contributed by atoms with E-state index < -0.39 is 0 Å². The van der Waals surface area contributed by atoms with Crippen LogP contribution in [0.15, 0.2) is 0 Å². The number of piperidine rings is 1. The van der Waals surface area contributed by atoms with Gasteiger partial charge in [-0.05, 0) is 6.42 Å². The SMILES string of the molecule is CC1CC(O)CNC1=O. The van der Waals surface area contributed by atoms with Crippen molar-refractivity contribution < 1.29 is 9.90 Å². The van der Waals surface area contributed by atoms with Gasteiger partial charge in [-0.1, -0.05) is 6.92 Å². The van der Waals surface area contributed by atoms with Gasteiger partial charge in [0.1, 0.15) is 0 Å². The molecular weight excluding hydrogens is 118 g/mol. The third-order valence-corrected chi connectivity index (χ3v) is 1.59. The molecule has 0 spiro atoms. The second-order valence-corrected chi connectivity index (χ2v) is 2.54. The Bertz CT molecular complexity index is 124. The molecule has 0 aromatic rings. The highest BCUT2D eigenvalue weighted by Crippen LogP contribution is 2.09. The van der Waals surface area contributed by atoms with Crippen LogP contribution in [0, 0.1) is 5.92 Å². The molecule has 3 heteroatoms. The second kappa shape index (κ2) is 2.35. The summed E-state index contributed by atoms with van der Waals surface area (Å²) in [5.74, 6) is 0.0362. The molecule has 1 aliphatic rings. The molecular formula is C6H11NO2. The lowest BCUT2D eigenvalue weighted by Gasteiger charge is -2.22. The Balaban J connectivity index is 2.44. The summed E-state index contributed by atoms with van der Waals surface area (Å²) in [7, 11) is 0. The molecule has 1 aliphatic heterocycles. The third kappa shape index (κ3) is 1.42. The zero-order valence-corrected chi connectivity index (χ0v) is 5.42. The molecule has 9 heavy (non-hydrogen) atoms. The monoisotopic (exact) mass is 129 g/mol. The highest BCUT2D eigenvalue weighted by molar-refractivity contribution is 5.79. The van der Waals surface area contributed by atoms with E-state index in [0.717, 1.165) is 0 Å². The average molecular weight is 129 g/mol. The normalized spacial score (nSPS) is 36.0. The van der Waals surface area contributed by atoms with Crippen molar-refractivity contribution in [2.45, 2.75) is 19.4 Å². The molecule has 1 fully saturated rings. The predicted octanol–water partition coefficient (Wildman–Crippen LogP) is -0.497. The van der Waals surface area contributed by atoms with Crippen LogP contribution < -0.4 is 5.32 Å². The van der Waals surface area contributed by atoms with Crippen LogP contribution >= 0.6 is 0 Å². The largest absolute Gasteiger partial charge is 0.391 e. The smallest absolute Gasteiger partial charge is 0.223 e. The lowest BCUT2D eigenvalue weighted by atomic mass is 9.99. The van der Waals surface area contributed by atoms with Crippen LogP contribution in [-0.4, -0.2) is 23.7 Å². The van der Waals surface area contributed by atoms with Gasteiger partial charge in [0, 0.05) is 12.5 Å². The summed E-state index contributed by atoms with van der Waals surface area (Å²) < 4.78 is 0. The second-order valence-electron chi connectivity index (χ2n) is 2.54. The molecule has 1 amide bonds. The van der Waals surface area contributed by atoms with Crippen molar-refractivity contribution in [3.63, 3.8) is 0 Å². The van der Waals surface area contributed by atoms with Gasteiger partial charge in [0.25, 0.3) is 0 Å². The van der Waals surface area contributed by atoms with E-state index in [2.05, 4.69) is 5.32 Å². The fraction of sp³-hybridized carbons (Fsp3) is 0.833. The van der Waals surface area contributed by atoms with Crippen molar-refractivity contribution in [1.82, 2.24) is 5.32 Å². The summed E-state index contributed by atoms with van der Waals surface area (Å²) in [5.41, 5.74) is 0. The van der Waals surface area contributed by atoms with Crippen LogP contribution in [0.3, 0.4) is 0 Å². The number of nitrogens with one attached hydrogen (secondary N) is 1. The van der Waals surface area contributed by atoms with Gasteiger partial charge in [0.15, 0.2) is 0 Å². The molecule has 1 rings (SSSR count). The van der Waals surface area contributed by atoms with Crippen LogP contribution in [0.1, 0.15) is 13.3 Å². The number of aliphatic hydroxyl groups is 1. The quantitative estimate of drug-likeness (QED) is 0.463. The summed E-state index contributed by atoms with van der Waals surface area (Å²) in [4.78, 5) is 10.7. The van der Waals surface area contributed by atoms with E-state index in [1.165, 1.54) is 0 Å². The van der Waals surface area contributed by atoms with Crippen LogP contribution in [0.4, 0.5) is 0 Å². The lowest BCUT2D eigenvalue weighted by Crippen LogP contribution is -2.42. The van der Waals surface area contributed by atoms with Gasteiger partial charge in [0.2, 0.25) is 5.91 Å². The lowest BCUT2D eigenvalue weighted by molar-refractivity contribution is -0.128. The Labute approximate surface area is 54.1 Å². The molecule has 0 aromatic heterocycles. The highest BCUT2D eigenvalue weighted by atomic mass is 16.3. The van der Waals surface area contributed by atoms with Crippen LogP contribution in [0.2, 0.25) is 0 Å². The average Bonchev–Trinajstić information content (AvgIpc) is 1.80. The molecule has 0 bridgehead atoms. The van der Waals surface area contributed by atoms with Gasteiger partial charge < -0.3 is 10.4 Å². The molecule has 0 saturated carbocycles. The topological polar surface area (TPSA) is 49.3 Å². The van der Waals surface area contributed by atoms with E-state index in [4.69, 9.17) is 5.11 Å². The van der Waals surface area contributed by atoms with Gasteiger partial charge in [-0.25, -0.2) is 0 Å². The molecule has 2 N–H and O–H groups in total. The van der Waals surface area contributed by atoms with Crippen LogP contribution in [0.5, 0.6) is 0 Å². The number of β-amino-alcohol motifs (C(OH)–C–C–N with tert-alkyl or cyclic N) is 1. The van der Waals surface area contributed by atoms with Crippen molar-refractivity contribution in [2.24, 2.45) is 5.92 Å². The molecule has 0 aromatic carbocycles. The van der Waals surface area contributed by atoms with Gasteiger partial charge in [-0.3, -0.25) is 4.79 Å². The first kappa shape index (κ1) is 6.55. The van der Waals surface area contributed by atoms with Crippen molar-refractivity contribution in [2.75, 3.05) is 6.54 Å². The summed E-state index contributed by atoms with van der Waals surface area (Å²) >= 11 is 0. The summed E-state index contributed by atoms with van der Waals surface area (Å²) in [5, 5.41) is 11.6. The molecule has 52 valence electrons. The molecule has 0 radical (unpaired) electrons. The summed E-state index contributed by atoms with van der Waals surface area (Å²) in [6.45, 7) is 2.24. The fourth-order valence-corrected chi connectivity index (χ4v) is 0.991. The minimum Gasteiger partial charge on any atom is -0.391 e. The summed E-state index contributed by atoms with van der Waals surface area (Å²) in [6, 6.07) is 0. The number of aliphatic hydroxyl groups excluding tert-OH is 1. The Morgan fingerprint density at radius 2 is 2.44 bits per heavy atom. The summed E-state index contributed by atoms with van der Waals surface area (Å²) in [6.07, 6.45) is 0.268. The van der Waals surface area contributed by atoms with Crippen molar-refractivity contribution >= 4 is 5.91 Å². The number of hydrogen-bond acceptors (Lipinski definition) is 2. The van der Waals surface area contributed by atoms with E-state index in [0.29, 0.717) is 13.0 Å². The first-order valence-corrected chi connectivity index (χ1v) is 3.16. The van der Waals surface area contributed by atoms with Crippen LogP contribution in [-0.2, 0) is 4.79 Å². The number of carbonyl (C=O) groups excluding carboxylic acids is 1. The Kier molecular flexibility index (Phi) is 1.71. The molecule has 1 saturated heterocycles. The third-order valence-electron chi connectivity index (χ3n) is 1.59. The maximum absolute atomic E-state index is 10.7. The number of amides is 1. The number of carbonyl (C=O) groups is 1. The first-order valence-electron chi connectivity index (χ1n) is 3.16. The molecule has 2 atom stereocenters. The van der Waals surface area contributed by atoms with Crippen molar-refractivity contribution in [3.05, 3.63) is 0 Å². The van der Waals surface area contributed by atoms with Crippen molar-refractivity contribution in [1.29, 1.82) is 0 Å². The van der Waals surface area contributed by atoms with E-state index >= 15 is 0 Å². The van der Waals surface area contributed by atoms with Gasteiger partial charge in [-0.15, -0.1) is 0 Å². The molecule has 1 heterocycles. The standard InChI is InChI=1S/C6H11NO2/c1-4-2-5(8)3-7-6(4)9/h4-5,8H,2-3H2,1H3,(H,7,9). The predicted molar refractivity (Wildman–Crippen MR) is 32.8 cm³/mol. The minimum atomic E-state index is -0.335. The van der Waals surface area contributed by atoms with E-state index in [1.807, 2.05) is 6.92 Å². The fourth-order valence-electron chi connectivity index (χ4n) is 0.991. The Morgan fingerprint density at radius 3 is 2.89 bits per heavy atom.